The second-order valence-electron chi connectivity index (χ2n) is 6.73. The predicted molar refractivity (Wildman–Crippen MR) is 100 cm³/mol. The molecule has 5 nitrogen and oxygen atoms in total. The molecule has 3 rings (SSSR count). The highest BCUT2D eigenvalue weighted by atomic mass is 16.5. The summed E-state index contributed by atoms with van der Waals surface area (Å²) in [5, 5.41) is 12.8. The highest BCUT2D eigenvalue weighted by molar-refractivity contribution is 5.87. The topological polar surface area (TPSA) is 45.2 Å². The van der Waals surface area contributed by atoms with E-state index in [9.17, 15) is 5.11 Å². The zero-order valence-corrected chi connectivity index (χ0v) is 15.1. The van der Waals surface area contributed by atoms with Crippen molar-refractivity contribution in [2.45, 2.75) is 12.6 Å². The summed E-state index contributed by atoms with van der Waals surface area (Å²) in [5.74, 6) is 0.896. The van der Waals surface area contributed by atoms with Gasteiger partial charge in [-0.25, -0.2) is 0 Å². The molecule has 25 heavy (non-hydrogen) atoms. The number of hydrogen-bond donors (Lipinski definition) is 1. The fourth-order valence-corrected chi connectivity index (χ4v) is 3.50. The predicted octanol–water partition coefficient (Wildman–Crippen LogP) is 1.97. The van der Waals surface area contributed by atoms with Gasteiger partial charge in [-0.15, -0.1) is 0 Å². The van der Waals surface area contributed by atoms with Crippen LogP contribution >= 0.6 is 0 Å². The van der Waals surface area contributed by atoms with Crippen molar-refractivity contribution < 1.29 is 14.6 Å². The minimum Gasteiger partial charge on any atom is -0.496 e. The van der Waals surface area contributed by atoms with E-state index in [1.807, 2.05) is 19.2 Å². The van der Waals surface area contributed by atoms with Crippen molar-refractivity contribution in [3.63, 3.8) is 0 Å². The largest absolute Gasteiger partial charge is 0.496 e. The lowest BCUT2D eigenvalue weighted by Gasteiger charge is -2.30. The van der Waals surface area contributed by atoms with Crippen molar-refractivity contribution in [3.05, 3.63) is 42.0 Å². The molecule has 2 aromatic carbocycles. The van der Waals surface area contributed by atoms with Crippen LogP contribution in [-0.2, 0) is 11.3 Å². The molecule has 136 valence electrons. The van der Waals surface area contributed by atoms with Gasteiger partial charge in [0.15, 0.2) is 0 Å². The van der Waals surface area contributed by atoms with Crippen LogP contribution in [0.15, 0.2) is 36.4 Å². The molecule has 0 bridgehead atoms. The molecule has 0 radical (unpaired) electrons. The van der Waals surface area contributed by atoms with Crippen LogP contribution in [-0.4, -0.2) is 74.6 Å². The summed E-state index contributed by atoms with van der Waals surface area (Å²) < 4.78 is 10.9. The minimum absolute atomic E-state index is 0.371. The van der Waals surface area contributed by atoms with Crippen LogP contribution in [0.3, 0.4) is 0 Å². The van der Waals surface area contributed by atoms with Crippen LogP contribution in [0.2, 0.25) is 0 Å². The number of fused-ring (bicyclic) bond motifs is 1. The molecule has 1 unspecified atom stereocenters. The fraction of sp³-hybridized carbons (Fsp3) is 0.500. The van der Waals surface area contributed by atoms with Gasteiger partial charge in [0, 0.05) is 38.3 Å². The van der Waals surface area contributed by atoms with Gasteiger partial charge >= 0.3 is 0 Å². The molecule has 1 fully saturated rings. The molecule has 1 N–H and O–H groups in total. The molecule has 1 saturated heterocycles. The van der Waals surface area contributed by atoms with Gasteiger partial charge in [-0.3, -0.25) is 9.80 Å². The zero-order valence-electron chi connectivity index (χ0n) is 15.1. The van der Waals surface area contributed by atoms with Crippen molar-refractivity contribution in [3.8, 4) is 5.75 Å². The third-order valence-corrected chi connectivity index (χ3v) is 4.74. The van der Waals surface area contributed by atoms with Crippen LogP contribution < -0.4 is 4.74 Å². The molecule has 0 saturated carbocycles. The quantitative estimate of drug-likeness (QED) is 0.832. The number of nitrogens with zero attached hydrogens (tertiary/aromatic N) is 2. The van der Waals surface area contributed by atoms with Crippen LogP contribution in [0.25, 0.3) is 10.8 Å². The lowest BCUT2D eigenvalue weighted by atomic mass is 10.0. The average Bonchev–Trinajstić information content (AvgIpc) is 2.62. The number of benzene rings is 2. The molecule has 1 atom stereocenters. The van der Waals surface area contributed by atoms with Crippen molar-refractivity contribution >= 4 is 10.8 Å². The second-order valence-corrected chi connectivity index (χ2v) is 6.73. The highest BCUT2D eigenvalue weighted by Crippen LogP contribution is 2.29. The van der Waals surface area contributed by atoms with Crippen molar-refractivity contribution in [2.24, 2.45) is 0 Å². The third kappa shape index (κ3) is 4.70. The summed E-state index contributed by atoms with van der Waals surface area (Å²) in [6.07, 6.45) is -0.371. The van der Waals surface area contributed by atoms with Crippen LogP contribution in [0, 0.1) is 0 Å². The Morgan fingerprint density at radius 2 is 1.96 bits per heavy atom. The molecular weight excluding hydrogens is 316 g/mol. The Bertz CT molecular complexity index is 686. The SMILES string of the molecule is COc1ccc2ccccc2c1CN(C)CC(O)CN1CCOCC1. The number of rotatable bonds is 7. The summed E-state index contributed by atoms with van der Waals surface area (Å²) in [5.41, 5.74) is 1.17. The molecule has 2 aromatic rings. The fourth-order valence-electron chi connectivity index (χ4n) is 3.50. The van der Waals surface area contributed by atoms with Crippen LogP contribution in [0.5, 0.6) is 5.75 Å². The second kappa shape index (κ2) is 8.63. The summed E-state index contributed by atoms with van der Waals surface area (Å²) >= 11 is 0. The first-order valence-corrected chi connectivity index (χ1v) is 8.88. The summed E-state index contributed by atoms with van der Waals surface area (Å²) in [4.78, 5) is 4.43. The van der Waals surface area contributed by atoms with Gasteiger partial charge < -0.3 is 14.6 Å². The number of hydrogen-bond acceptors (Lipinski definition) is 5. The number of methoxy groups -OCH3 is 1. The number of aliphatic hydroxyl groups is 1. The van der Waals surface area contributed by atoms with Gasteiger partial charge in [0.2, 0.25) is 0 Å². The Balaban J connectivity index is 1.65. The first-order valence-electron chi connectivity index (χ1n) is 8.88. The number of ether oxygens (including phenoxy) is 2. The van der Waals surface area contributed by atoms with E-state index in [1.54, 1.807) is 7.11 Å². The highest BCUT2D eigenvalue weighted by Gasteiger charge is 2.17. The first-order chi connectivity index (χ1) is 12.2. The number of likely N-dealkylation sites (N-methyl/N-ethyl adjacent to an activating group) is 1. The Morgan fingerprint density at radius 1 is 1.20 bits per heavy atom. The van der Waals surface area contributed by atoms with Gasteiger partial charge in [0.05, 0.1) is 26.4 Å². The van der Waals surface area contributed by atoms with E-state index in [-0.39, 0.29) is 6.10 Å². The molecule has 1 heterocycles. The molecule has 0 amide bonds. The van der Waals surface area contributed by atoms with Crippen LogP contribution in [0.1, 0.15) is 5.56 Å². The average molecular weight is 344 g/mol. The lowest BCUT2D eigenvalue weighted by Crippen LogP contribution is -2.44. The number of morpholine rings is 1. The molecule has 0 aromatic heterocycles. The van der Waals surface area contributed by atoms with E-state index in [1.165, 1.54) is 16.3 Å². The minimum atomic E-state index is -0.371. The van der Waals surface area contributed by atoms with E-state index < -0.39 is 0 Å². The van der Waals surface area contributed by atoms with Gasteiger partial charge in [0.25, 0.3) is 0 Å². The van der Waals surface area contributed by atoms with Gasteiger partial charge in [-0.05, 0) is 23.9 Å². The van der Waals surface area contributed by atoms with Gasteiger partial charge in [-0.2, -0.15) is 0 Å². The van der Waals surface area contributed by atoms with Crippen LogP contribution in [0.4, 0.5) is 0 Å². The maximum Gasteiger partial charge on any atom is 0.123 e. The van der Waals surface area contributed by atoms with Crippen molar-refractivity contribution in [1.29, 1.82) is 0 Å². The summed E-state index contributed by atoms with van der Waals surface area (Å²) in [6.45, 7) is 5.39. The third-order valence-electron chi connectivity index (χ3n) is 4.74. The maximum atomic E-state index is 10.4. The Kier molecular flexibility index (Phi) is 6.26. The van der Waals surface area contributed by atoms with Crippen molar-refractivity contribution in [1.82, 2.24) is 9.80 Å². The van der Waals surface area contributed by atoms with Gasteiger partial charge in [0.1, 0.15) is 5.75 Å². The smallest absolute Gasteiger partial charge is 0.123 e. The molecule has 1 aliphatic heterocycles. The lowest BCUT2D eigenvalue weighted by molar-refractivity contribution is 0.00824. The van der Waals surface area contributed by atoms with E-state index in [4.69, 9.17) is 9.47 Å². The van der Waals surface area contributed by atoms with E-state index in [0.29, 0.717) is 13.1 Å². The Hall–Kier alpha value is -1.66. The first kappa shape index (κ1) is 18.1. The van der Waals surface area contributed by atoms with Crippen molar-refractivity contribution in [2.75, 3.05) is 53.6 Å². The van der Waals surface area contributed by atoms with E-state index in [0.717, 1.165) is 38.6 Å². The summed E-state index contributed by atoms with van der Waals surface area (Å²) in [7, 11) is 3.75. The molecule has 5 heteroatoms. The van der Waals surface area contributed by atoms with E-state index in [2.05, 4.69) is 34.1 Å². The molecule has 0 aliphatic carbocycles. The Labute approximate surface area is 149 Å². The number of aliphatic hydroxyl groups excluding tert-OH is 1. The molecule has 0 spiro atoms. The molecular formula is C20H28N2O3. The normalized spacial score (nSPS) is 17.1. The summed E-state index contributed by atoms with van der Waals surface area (Å²) in [6, 6.07) is 12.5. The monoisotopic (exact) mass is 344 g/mol. The Morgan fingerprint density at radius 3 is 2.72 bits per heavy atom. The standard InChI is InChI=1S/C20H28N2O3/c1-21(13-17(23)14-22-9-11-25-12-10-22)15-19-18-6-4-3-5-16(18)7-8-20(19)24-2/h3-8,17,23H,9-15H2,1-2H3. The maximum absolute atomic E-state index is 10.4. The zero-order chi connectivity index (χ0) is 17.6. The van der Waals surface area contributed by atoms with Gasteiger partial charge in [-0.1, -0.05) is 30.3 Å². The molecule has 1 aliphatic rings. The number of β-amino-alcohol motifs (C(OH)–C–C–N with tert-alkyl or cyclic N) is 1. The van der Waals surface area contributed by atoms with E-state index >= 15 is 0 Å².